The summed E-state index contributed by atoms with van der Waals surface area (Å²) in [5, 5.41) is 7.02. The number of aromatic nitrogens is 1. The molecule has 4 N–H and O–H groups in total. The zero-order valence-corrected chi connectivity index (χ0v) is 18.1. The first-order valence-electron chi connectivity index (χ1n) is 9.81. The molecular weight excluding hydrogens is 437 g/mol. The normalized spacial score (nSPS) is 11.6. The average molecular weight is 460 g/mol. The van der Waals surface area contributed by atoms with Crippen LogP contribution in [0.3, 0.4) is 0 Å². The van der Waals surface area contributed by atoms with Gasteiger partial charge in [0.1, 0.15) is 18.2 Å². The van der Waals surface area contributed by atoms with Crippen LogP contribution in [0.4, 0.5) is 19.8 Å². The van der Waals surface area contributed by atoms with E-state index in [1.54, 1.807) is 18.3 Å². The molecule has 0 radical (unpaired) electrons. The Morgan fingerprint density at radius 3 is 2.72 bits per heavy atom. The SMILES string of the molecule is CN(C(=O)NCc1cccc(F)c1Cl)C(CN)COC(=O)Nc1cc2ccccc2cn1. The van der Waals surface area contributed by atoms with E-state index < -0.39 is 24.0 Å². The number of pyridine rings is 1. The zero-order chi connectivity index (χ0) is 23.1. The van der Waals surface area contributed by atoms with Gasteiger partial charge in [0.15, 0.2) is 0 Å². The maximum absolute atomic E-state index is 13.5. The van der Waals surface area contributed by atoms with Gasteiger partial charge in [-0.05, 0) is 23.1 Å². The summed E-state index contributed by atoms with van der Waals surface area (Å²) < 4.78 is 18.7. The highest BCUT2D eigenvalue weighted by molar-refractivity contribution is 6.31. The van der Waals surface area contributed by atoms with Gasteiger partial charge in [-0.25, -0.2) is 19.0 Å². The van der Waals surface area contributed by atoms with E-state index in [-0.39, 0.29) is 24.7 Å². The van der Waals surface area contributed by atoms with Gasteiger partial charge in [0, 0.05) is 31.7 Å². The van der Waals surface area contributed by atoms with Crippen LogP contribution in [0.25, 0.3) is 10.8 Å². The van der Waals surface area contributed by atoms with Gasteiger partial charge in [-0.3, -0.25) is 5.32 Å². The molecule has 1 heterocycles. The predicted octanol–water partition coefficient (Wildman–Crippen LogP) is 3.74. The summed E-state index contributed by atoms with van der Waals surface area (Å²) in [4.78, 5) is 30.1. The van der Waals surface area contributed by atoms with Gasteiger partial charge in [0.05, 0.1) is 11.1 Å². The molecule has 0 saturated carbocycles. The Morgan fingerprint density at radius 2 is 1.97 bits per heavy atom. The van der Waals surface area contributed by atoms with E-state index in [4.69, 9.17) is 22.1 Å². The van der Waals surface area contributed by atoms with Gasteiger partial charge < -0.3 is 20.7 Å². The molecule has 168 valence electrons. The van der Waals surface area contributed by atoms with E-state index in [9.17, 15) is 14.0 Å². The van der Waals surface area contributed by atoms with E-state index >= 15 is 0 Å². The van der Waals surface area contributed by atoms with Crippen LogP contribution >= 0.6 is 11.6 Å². The highest BCUT2D eigenvalue weighted by atomic mass is 35.5. The molecule has 3 aromatic rings. The molecule has 1 atom stereocenters. The van der Waals surface area contributed by atoms with Crippen molar-refractivity contribution in [1.82, 2.24) is 15.2 Å². The lowest BCUT2D eigenvalue weighted by Crippen LogP contribution is -2.49. The highest BCUT2D eigenvalue weighted by Crippen LogP contribution is 2.19. The van der Waals surface area contributed by atoms with Crippen molar-refractivity contribution < 1.29 is 18.7 Å². The lowest BCUT2D eigenvalue weighted by atomic mass is 10.2. The second-order valence-electron chi connectivity index (χ2n) is 7.01. The third-order valence-electron chi connectivity index (χ3n) is 4.87. The van der Waals surface area contributed by atoms with Crippen molar-refractivity contribution in [3.05, 3.63) is 71.1 Å². The number of rotatable bonds is 7. The summed E-state index contributed by atoms with van der Waals surface area (Å²) in [5.41, 5.74) is 6.19. The van der Waals surface area contributed by atoms with Crippen LogP contribution in [0, 0.1) is 5.82 Å². The Labute approximate surface area is 189 Å². The van der Waals surface area contributed by atoms with Crippen molar-refractivity contribution in [2.75, 3.05) is 25.5 Å². The van der Waals surface area contributed by atoms with Crippen molar-refractivity contribution >= 4 is 40.3 Å². The smallest absolute Gasteiger partial charge is 0.412 e. The van der Waals surface area contributed by atoms with Gasteiger partial charge in [-0.2, -0.15) is 0 Å². The number of nitrogens with two attached hydrogens (primary N) is 1. The molecular formula is C22H23ClFN5O3. The number of nitrogens with zero attached hydrogens (tertiary/aromatic N) is 2. The second kappa shape index (κ2) is 10.7. The monoisotopic (exact) mass is 459 g/mol. The number of carbonyl (C=O) groups excluding carboxylic acids is 2. The zero-order valence-electron chi connectivity index (χ0n) is 17.3. The number of urea groups is 1. The van der Waals surface area contributed by atoms with Gasteiger partial charge in [0.25, 0.3) is 0 Å². The Hall–Kier alpha value is -3.43. The number of benzene rings is 2. The number of likely N-dealkylation sites (N-methyl/N-ethyl adjacent to an activating group) is 1. The maximum Gasteiger partial charge on any atom is 0.412 e. The number of carbonyl (C=O) groups is 2. The first-order chi connectivity index (χ1) is 15.4. The van der Waals surface area contributed by atoms with Crippen LogP contribution in [0.1, 0.15) is 5.56 Å². The summed E-state index contributed by atoms with van der Waals surface area (Å²) in [5.74, 6) is -0.219. The fourth-order valence-electron chi connectivity index (χ4n) is 2.95. The second-order valence-corrected chi connectivity index (χ2v) is 7.39. The van der Waals surface area contributed by atoms with Crippen molar-refractivity contribution in [2.24, 2.45) is 5.73 Å². The molecule has 0 spiro atoms. The Balaban J connectivity index is 1.51. The molecule has 0 aliphatic carbocycles. The number of fused-ring (bicyclic) bond motifs is 1. The van der Waals surface area contributed by atoms with Gasteiger partial charge in [0.2, 0.25) is 0 Å². The van der Waals surface area contributed by atoms with Crippen LogP contribution in [0.5, 0.6) is 0 Å². The molecule has 8 nitrogen and oxygen atoms in total. The molecule has 2 aromatic carbocycles. The number of ether oxygens (including phenoxy) is 1. The van der Waals surface area contributed by atoms with E-state index in [1.165, 1.54) is 24.1 Å². The van der Waals surface area contributed by atoms with Gasteiger partial charge >= 0.3 is 12.1 Å². The molecule has 3 rings (SSSR count). The van der Waals surface area contributed by atoms with E-state index in [1.807, 2.05) is 24.3 Å². The third kappa shape index (κ3) is 5.83. The molecule has 0 fully saturated rings. The minimum absolute atomic E-state index is 0.0338. The molecule has 1 aromatic heterocycles. The lowest BCUT2D eigenvalue weighted by Gasteiger charge is -2.27. The Kier molecular flexibility index (Phi) is 7.80. The average Bonchev–Trinajstić information content (AvgIpc) is 2.80. The van der Waals surface area contributed by atoms with Crippen LogP contribution in [0.15, 0.2) is 54.7 Å². The molecule has 32 heavy (non-hydrogen) atoms. The summed E-state index contributed by atoms with van der Waals surface area (Å²) in [7, 11) is 1.52. The number of halogens is 2. The maximum atomic E-state index is 13.5. The molecule has 1 unspecified atom stereocenters. The number of nitrogens with one attached hydrogen (secondary N) is 2. The fraction of sp³-hybridized carbons (Fsp3) is 0.227. The fourth-order valence-corrected chi connectivity index (χ4v) is 3.14. The van der Waals surface area contributed by atoms with Crippen LogP contribution in [-0.4, -0.2) is 48.2 Å². The van der Waals surface area contributed by atoms with Crippen molar-refractivity contribution in [3.63, 3.8) is 0 Å². The minimum atomic E-state index is -0.716. The molecule has 0 bridgehead atoms. The molecule has 0 aliphatic rings. The van der Waals surface area contributed by atoms with Gasteiger partial charge in [-0.1, -0.05) is 48.0 Å². The summed E-state index contributed by atoms with van der Waals surface area (Å²) >= 11 is 5.90. The van der Waals surface area contributed by atoms with Crippen molar-refractivity contribution in [1.29, 1.82) is 0 Å². The largest absolute Gasteiger partial charge is 0.447 e. The number of anilines is 1. The van der Waals surface area contributed by atoms with Crippen LogP contribution in [-0.2, 0) is 11.3 Å². The third-order valence-corrected chi connectivity index (χ3v) is 5.29. The summed E-state index contributed by atoms with van der Waals surface area (Å²) in [6.07, 6.45) is 0.933. The van der Waals surface area contributed by atoms with E-state index in [0.717, 1.165) is 10.8 Å². The Bertz CT molecular complexity index is 1110. The van der Waals surface area contributed by atoms with E-state index in [0.29, 0.717) is 11.4 Å². The highest BCUT2D eigenvalue weighted by Gasteiger charge is 2.21. The van der Waals surface area contributed by atoms with Crippen LogP contribution < -0.4 is 16.4 Å². The Morgan fingerprint density at radius 1 is 1.22 bits per heavy atom. The quantitative estimate of drug-likeness (QED) is 0.498. The molecule has 0 saturated heterocycles. The number of amides is 3. The first kappa shape index (κ1) is 23.2. The molecule has 10 heteroatoms. The standard InChI is InChI=1S/C22H23ClFN5O3/c1-29(21(30)27-12-16-7-4-8-18(24)20(16)23)17(10-25)13-32-22(31)28-19-9-14-5-2-3-6-15(14)11-26-19/h2-9,11,17H,10,12-13,25H2,1H3,(H,27,30)(H,26,28,31). The van der Waals surface area contributed by atoms with Gasteiger partial charge in [-0.15, -0.1) is 0 Å². The van der Waals surface area contributed by atoms with E-state index in [2.05, 4.69) is 15.6 Å². The van der Waals surface area contributed by atoms with Crippen molar-refractivity contribution in [3.8, 4) is 0 Å². The first-order valence-corrected chi connectivity index (χ1v) is 10.2. The number of hydrogen-bond donors (Lipinski definition) is 3. The predicted molar refractivity (Wildman–Crippen MR) is 121 cm³/mol. The van der Waals surface area contributed by atoms with Crippen LogP contribution in [0.2, 0.25) is 5.02 Å². The minimum Gasteiger partial charge on any atom is -0.447 e. The summed E-state index contributed by atoms with van der Waals surface area (Å²) in [6, 6.07) is 12.6. The number of hydrogen-bond acceptors (Lipinski definition) is 5. The summed E-state index contributed by atoms with van der Waals surface area (Å²) in [6.45, 7) is -0.0290. The topological polar surface area (TPSA) is 110 Å². The van der Waals surface area contributed by atoms with Crippen molar-refractivity contribution in [2.45, 2.75) is 12.6 Å². The molecule has 0 aliphatic heterocycles. The lowest BCUT2D eigenvalue weighted by molar-refractivity contribution is 0.119. The molecule has 3 amide bonds.